The lowest BCUT2D eigenvalue weighted by Gasteiger charge is -2.32. The number of benzene rings is 1. The van der Waals surface area contributed by atoms with Gasteiger partial charge in [-0.3, -0.25) is 14.2 Å². The minimum absolute atomic E-state index is 0.0368. The number of pyridine rings is 1. The largest absolute Gasteiger partial charge is 0.338 e. The second-order valence-corrected chi connectivity index (χ2v) is 7.75. The fourth-order valence-electron chi connectivity index (χ4n) is 4.53. The van der Waals surface area contributed by atoms with E-state index in [1.54, 1.807) is 27.1 Å². The summed E-state index contributed by atoms with van der Waals surface area (Å²) in [6.45, 7) is 4.98. The van der Waals surface area contributed by atoms with Crippen LogP contribution in [-0.2, 0) is 13.5 Å². The Bertz CT molecular complexity index is 1190. The van der Waals surface area contributed by atoms with Crippen molar-refractivity contribution in [2.45, 2.75) is 39.2 Å². The molecule has 0 bridgehead atoms. The van der Waals surface area contributed by atoms with Crippen LogP contribution in [0.4, 0.5) is 0 Å². The third kappa shape index (κ3) is 3.20. The van der Waals surface area contributed by atoms with Crippen molar-refractivity contribution in [1.82, 2.24) is 19.0 Å². The Labute approximate surface area is 168 Å². The highest BCUT2D eigenvalue weighted by atomic mass is 16.2. The van der Waals surface area contributed by atoms with Crippen LogP contribution < -0.4 is 11.2 Å². The third-order valence-electron chi connectivity index (χ3n) is 6.06. The van der Waals surface area contributed by atoms with Crippen molar-refractivity contribution in [1.29, 1.82) is 0 Å². The average Bonchev–Trinajstić information content (AvgIpc) is 3.06. The molecule has 0 unspecified atom stereocenters. The van der Waals surface area contributed by atoms with E-state index in [4.69, 9.17) is 0 Å². The standard InChI is InChI=1S/C22H26N4O3/c1-4-18-14(2)13-16(20(27)24(18)3)21(28)25-11-9-15(10-12-25)26-19-8-6-5-7-17(19)23-22(26)29/h5-8,13,15H,4,9-12H2,1-3H3,(H,23,29). The van der Waals surface area contributed by atoms with Crippen LogP contribution in [0.25, 0.3) is 11.0 Å². The minimum Gasteiger partial charge on any atom is -0.338 e. The van der Waals surface area contributed by atoms with Crippen molar-refractivity contribution in [2.75, 3.05) is 13.1 Å². The van der Waals surface area contributed by atoms with Gasteiger partial charge in [0, 0.05) is 31.9 Å². The molecule has 7 nitrogen and oxygen atoms in total. The van der Waals surface area contributed by atoms with Crippen molar-refractivity contribution in [3.05, 3.63) is 68.0 Å². The smallest absolute Gasteiger partial charge is 0.326 e. The molecule has 0 spiro atoms. The fourth-order valence-corrected chi connectivity index (χ4v) is 4.53. The molecule has 1 saturated heterocycles. The molecular formula is C22H26N4O3. The van der Waals surface area contributed by atoms with E-state index >= 15 is 0 Å². The summed E-state index contributed by atoms with van der Waals surface area (Å²) in [5.41, 5.74) is 3.49. The topological polar surface area (TPSA) is 80.1 Å². The number of aryl methyl sites for hydroxylation is 1. The van der Waals surface area contributed by atoms with Gasteiger partial charge in [0.1, 0.15) is 5.56 Å². The molecule has 1 aliphatic rings. The van der Waals surface area contributed by atoms with Crippen molar-refractivity contribution in [3.8, 4) is 0 Å². The molecule has 0 radical (unpaired) electrons. The zero-order valence-electron chi connectivity index (χ0n) is 17.1. The molecular weight excluding hydrogens is 368 g/mol. The number of fused-ring (bicyclic) bond motifs is 1. The average molecular weight is 394 g/mol. The number of piperidine rings is 1. The van der Waals surface area contributed by atoms with Crippen molar-refractivity contribution >= 4 is 16.9 Å². The van der Waals surface area contributed by atoms with Crippen LogP contribution in [0.2, 0.25) is 0 Å². The van der Waals surface area contributed by atoms with Gasteiger partial charge in [0.15, 0.2) is 0 Å². The first-order chi connectivity index (χ1) is 13.9. The van der Waals surface area contributed by atoms with Gasteiger partial charge >= 0.3 is 5.69 Å². The molecule has 152 valence electrons. The van der Waals surface area contributed by atoms with Crippen molar-refractivity contribution in [2.24, 2.45) is 7.05 Å². The number of rotatable bonds is 3. The van der Waals surface area contributed by atoms with E-state index in [1.807, 2.05) is 38.1 Å². The fraction of sp³-hybridized carbons (Fsp3) is 0.409. The number of nitrogens with zero attached hydrogens (tertiary/aromatic N) is 3. The van der Waals surface area contributed by atoms with Crippen molar-refractivity contribution < 1.29 is 4.79 Å². The number of hydrogen-bond acceptors (Lipinski definition) is 3. The molecule has 1 aliphatic heterocycles. The molecule has 0 saturated carbocycles. The summed E-state index contributed by atoms with van der Waals surface area (Å²) < 4.78 is 3.39. The Morgan fingerprint density at radius 3 is 2.55 bits per heavy atom. The van der Waals surface area contributed by atoms with Gasteiger partial charge in [-0.1, -0.05) is 19.1 Å². The molecule has 1 amide bonds. The number of carbonyl (C=O) groups excluding carboxylic acids is 1. The van der Waals surface area contributed by atoms with Gasteiger partial charge < -0.3 is 14.5 Å². The van der Waals surface area contributed by atoms with Gasteiger partial charge in [0.05, 0.1) is 11.0 Å². The van der Waals surface area contributed by atoms with Crippen molar-refractivity contribution in [3.63, 3.8) is 0 Å². The number of likely N-dealkylation sites (tertiary alicyclic amines) is 1. The SMILES string of the molecule is CCc1c(C)cc(C(=O)N2CCC(n3c(=O)[nH]c4ccccc43)CC2)c(=O)n1C. The zero-order valence-corrected chi connectivity index (χ0v) is 17.1. The second-order valence-electron chi connectivity index (χ2n) is 7.75. The van der Waals surface area contributed by atoms with Gasteiger partial charge in [-0.05, 0) is 49.9 Å². The highest BCUT2D eigenvalue weighted by Crippen LogP contribution is 2.25. The van der Waals surface area contributed by atoms with Gasteiger partial charge in [0.2, 0.25) is 0 Å². The summed E-state index contributed by atoms with van der Waals surface area (Å²) >= 11 is 0. The van der Waals surface area contributed by atoms with Gasteiger partial charge in [-0.15, -0.1) is 0 Å². The second kappa shape index (κ2) is 7.39. The number of H-pyrrole nitrogens is 1. The summed E-state index contributed by atoms with van der Waals surface area (Å²) in [5, 5.41) is 0. The van der Waals surface area contributed by atoms with Gasteiger partial charge in [-0.25, -0.2) is 4.79 Å². The van der Waals surface area contributed by atoms with Gasteiger partial charge in [0.25, 0.3) is 11.5 Å². The normalized spacial score (nSPS) is 15.2. The Morgan fingerprint density at radius 2 is 1.86 bits per heavy atom. The van der Waals surface area contributed by atoms with E-state index in [2.05, 4.69) is 4.98 Å². The Kier molecular flexibility index (Phi) is 4.90. The predicted molar refractivity (Wildman–Crippen MR) is 113 cm³/mol. The number of imidazole rings is 1. The molecule has 7 heteroatoms. The highest BCUT2D eigenvalue weighted by molar-refractivity contribution is 5.94. The molecule has 0 atom stereocenters. The number of nitrogens with one attached hydrogen (secondary N) is 1. The van der Waals surface area contributed by atoms with E-state index in [9.17, 15) is 14.4 Å². The van der Waals surface area contributed by atoms with E-state index in [1.165, 1.54) is 0 Å². The summed E-state index contributed by atoms with van der Waals surface area (Å²) in [4.78, 5) is 42.8. The van der Waals surface area contributed by atoms with Crippen LogP contribution in [0.15, 0.2) is 39.9 Å². The maximum atomic E-state index is 13.0. The molecule has 3 aromatic rings. The van der Waals surface area contributed by atoms with Crippen LogP contribution in [-0.4, -0.2) is 38.0 Å². The quantitative estimate of drug-likeness (QED) is 0.741. The summed E-state index contributed by atoms with van der Waals surface area (Å²) in [6.07, 6.45) is 2.11. The van der Waals surface area contributed by atoms with Gasteiger partial charge in [-0.2, -0.15) is 0 Å². The van der Waals surface area contributed by atoms with Crippen LogP contribution in [0.1, 0.15) is 47.4 Å². The van der Waals surface area contributed by atoms with E-state index in [-0.39, 0.29) is 28.8 Å². The zero-order chi connectivity index (χ0) is 20.7. The van der Waals surface area contributed by atoms with Crippen LogP contribution in [0.3, 0.4) is 0 Å². The minimum atomic E-state index is -0.243. The number of aromatic nitrogens is 3. The first-order valence-electron chi connectivity index (χ1n) is 10.1. The lowest BCUT2D eigenvalue weighted by molar-refractivity contribution is 0.0692. The molecule has 3 heterocycles. The summed E-state index contributed by atoms with van der Waals surface area (Å²) in [6, 6.07) is 9.41. The van der Waals surface area contributed by atoms with Crippen LogP contribution in [0.5, 0.6) is 0 Å². The lowest BCUT2D eigenvalue weighted by atomic mass is 10.0. The number of carbonyl (C=O) groups is 1. The molecule has 1 fully saturated rings. The lowest BCUT2D eigenvalue weighted by Crippen LogP contribution is -2.43. The molecule has 0 aliphatic carbocycles. The monoisotopic (exact) mass is 394 g/mol. The molecule has 29 heavy (non-hydrogen) atoms. The Morgan fingerprint density at radius 1 is 1.17 bits per heavy atom. The molecule has 4 rings (SSSR count). The maximum Gasteiger partial charge on any atom is 0.326 e. The number of hydrogen-bond donors (Lipinski definition) is 1. The summed E-state index contributed by atoms with van der Waals surface area (Å²) in [7, 11) is 1.72. The molecule has 1 N–H and O–H groups in total. The third-order valence-corrected chi connectivity index (χ3v) is 6.06. The number of aromatic amines is 1. The molecule has 1 aromatic carbocycles. The van der Waals surface area contributed by atoms with E-state index in [0.717, 1.165) is 28.7 Å². The first kappa shape index (κ1) is 19.2. The Hall–Kier alpha value is -3.09. The van der Waals surface area contributed by atoms with Crippen LogP contribution in [0, 0.1) is 6.92 Å². The highest BCUT2D eigenvalue weighted by Gasteiger charge is 2.28. The summed E-state index contributed by atoms with van der Waals surface area (Å²) in [5.74, 6) is -0.221. The van der Waals surface area contributed by atoms with E-state index < -0.39 is 0 Å². The predicted octanol–water partition coefficient (Wildman–Crippen LogP) is 2.38. The number of para-hydroxylation sites is 2. The van der Waals surface area contributed by atoms with Crippen LogP contribution >= 0.6 is 0 Å². The first-order valence-corrected chi connectivity index (χ1v) is 10.1. The Balaban J connectivity index is 1.56. The van der Waals surface area contributed by atoms with E-state index in [0.29, 0.717) is 25.9 Å². The maximum absolute atomic E-state index is 13.0. The number of amides is 1. The molecule has 2 aromatic heterocycles.